The van der Waals surface area contributed by atoms with Gasteiger partial charge in [-0.2, -0.15) is 26.3 Å². The smallest absolute Gasteiger partial charge is 0.416 e. The van der Waals surface area contributed by atoms with Crippen molar-refractivity contribution in [1.82, 2.24) is 0 Å². The van der Waals surface area contributed by atoms with Crippen molar-refractivity contribution >= 4 is 18.6 Å². The molecule has 1 rings (SSSR count). The minimum atomic E-state index is -4.98. The summed E-state index contributed by atoms with van der Waals surface area (Å²) in [6.45, 7) is 0. The molecule has 0 aromatic heterocycles. The third-order valence-corrected chi connectivity index (χ3v) is 1.90. The summed E-state index contributed by atoms with van der Waals surface area (Å²) in [4.78, 5) is 10.3. The Morgan fingerprint density at radius 1 is 0.944 bits per heavy atom. The molecule has 0 amide bonds. The van der Waals surface area contributed by atoms with Gasteiger partial charge in [0.2, 0.25) is 5.87 Å². The van der Waals surface area contributed by atoms with Crippen molar-refractivity contribution in [1.29, 1.82) is 0 Å². The van der Waals surface area contributed by atoms with Crippen molar-refractivity contribution in [2.75, 3.05) is 0 Å². The summed E-state index contributed by atoms with van der Waals surface area (Å²) in [7, 11) is 0.268. The molecule has 0 unspecified atom stereocenters. The van der Waals surface area contributed by atoms with Gasteiger partial charge >= 0.3 is 12.4 Å². The van der Waals surface area contributed by atoms with E-state index in [1.807, 2.05) is 0 Å². The number of alkyl halides is 6. The van der Waals surface area contributed by atoms with Gasteiger partial charge in [-0.1, -0.05) is 17.6 Å². The lowest BCUT2D eigenvalue weighted by Crippen LogP contribution is -2.26. The van der Waals surface area contributed by atoms with Gasteiger partial charge in [0.25, 0.3) is 7.28 Å². The van der Waals surface area contributed by atoms with Crippen LogP contribution in [0.2, 0.25) is 0 Å². The average molecular weight is 269 g/mol. The van der Waals surface area contributed by atoms with E-state index in [0.717, 1.165) is 0 Å². The molecule has 1 aromatic rings. The summed E-state index contributed by atoms with van der Waals surface area (Å²) >= 11 is 0. The molecule has 0 aliphatic rings. The van der Waals surface area contributed by atoms with Crippen LogP contribution < -0.4 is 5.46 Å². The number of benzene rings is 1. The van der Waals surface area contributed by atoms with Gasteiger partial charge in [-0.3, -0.25) is 4.79 Å². The Balaban J connectivity index is 3.34. The lowest BCUT2D eigenvalue weighted by molar-refractivity contribution is -0.142. The minimum Gasteiger partial charge on any atom is -0.489 e. The molecule has 0 aliphatic carbocycles. The molecule has 18 heavy (non-hydrogen) atoms. The van der Waals surface area contributed by atoms with Gasteiger partial charge in [-0.05, 0) is 6.07 Å². The first kappa shape index (κ1) is 14.4. The molecule has 9 heteroatoms. The highest BCUT2D eigenvalue weighted by Gasteiger charge is 2.37. The molecule has 0 bridgehead atoms. The first-order valence-corrected chi connectivity index (χ1v) is 4.37. The van der Waals surface area contributed by atoms with E-state index < -0.39 is 34.8 Å². The average Bonchev–Trinajstić information content (AvgIpc) is 2.13. The van der Waals surface area contributed by atoms with Crippen molar-refractivity contribution in [3.05, 3.63) is 29.3 Å². The summed E-state index contributed by atoms with van der Waals surface area (Å²) in [5, 5.41) is 8.34. The third-order valence-electron chi connectivity index (χ3n) is 1.90. The summed E-state index contributed by atoms with van der Waals surface area (Å²) < 4.78 is 74.1. The molecule has 97 valence electrons. The maximum Gasteiger partial charge on any atom is 0.416 e. The predicted molar refractivity (Wildman–Crippen MR) is 49.9 cm³/mol. The van der Waals surface area contributed by atoms with Gasteiger partial charge in [-0.25, -0.2) is 0 Å². The van der Waals surface area contributed by atoms with E-state index in [4.69, 9.17) is 5.11 Å². The highest BCUT2D eigenvalue weighted by atomic mass is 19.4. The Bertz CT molecular complexity index is 433. The van der Waals surface area contributed by atoms with Crippen molar-refractivity contribution in [2.24, 2.45) is 0 Å². The van der Waals surface area contributed by atoms with E-state index in [2.05, 4.69) is 0 Å². The van der Waals surface area contributed by atoms with Crippen molar-refractivity contribution in [3.63, 3.8) is 0 Å². The van der Waals surface area contributed by atoms with Crippen LogP contribution >= 0.6 is 0 Å². The zero-order valence-electron chi connectivity index (χ0n) is 8.43. The first-order chi connectivity index (χ1) is 8.00. The van der Waals surface area contributed by atoms with Crippen LogP contribution in [-0.2, 0) is 12.4 Å². The molecule has 0 heterocycles. The van der Waals surface area contributed by atoms with Crippen LogP contribution in [0.25, 0.3) is 0 Å². The maximum absolute atomic E-state index is 12.3. The van der Waals surface area contributed by atoms with Crippen LogP contribution in [0, 0.1) is 0 Å². The monoisotopic (exact) mass is 269 g/mol. The van der Waals surface area contributed by atoms with Crippen LogP contribution in [0.1, 0.15) is 11.1 Å². The Hall–Kier alpha value is -1.67. The standard InChI is InChI=1S/C9H4BF6O2/c11-8(12,13)4-1-5(9(14,15)16)3-6(2-4)10-7(17)18/h1-3H,(H,17,18). The fourth-order valence-corrected chi connectivity index (χ4v) is 1.20. The van der Waals surface area contributed by atoms with E-state index in [1.54, 1.807) is 0 Å². The van der Waals surface area contributed by atoms with E-state index in [1.165, 1.54) is 0 Å². The Labute approximate surface area is 97.5 Å². The topological polar surface area (TPSA) is 37.3 Å². The zero-order chi connectivity index (χ0) is 14.1. The lowest BCUT2D eigenvalue weighted by atomic mass is 9.69. The molecule has 0 aliphatic heterocycles. The zero-order valence-corrected chi connectivity index (χ0v) is 8.43. The number of halogens is 6. The molecule has 1 aromatic carbocycles. The van der Waals surface area contributed by atoms with E-state index in [0.29, 0.717) is 12.1 Å². The van der Waals surface area contributed by atoms with Gasteiger partial charge < -0.3 is 5.11 Å². The molecule has 1 radical (unpaired) electrons. The quantitative estimate of drug-likeness (QED) is 0.662. The van der Waals surface area contributed by atoms with Crippen LogP contribution in [-0.4, -0.2) is 18.3 Å². The number of carboxylic acid groups (broad SMARTS) is 1. The highest BCUT2D eigenvalue weighted by molar-refractivity contribution is 6.82. The number of carbonyl (C=O) groups is 1. The maximum atomic E-state index is 12.3. The predicted octanol–water partition coefficient (Wildman–Crippen LogP) is 2.73. The van der Waals surface area contributed by atoms with Crippen molar-refractivity contribution in [3.8, 4) is 0 Å². The van der Waals surface area contributed by atoms with Crippen LogP contribution in [0.5, 0.6) is 0 Å². The van der Waals surface area contributed by atoms with Gasteiger partial charge in [0.05, 0.1) is 11.1 Å². The minimum absolute atomic E-state index is 0.0702. The summed E-state index contributed by atoms with van der Waals surface area (Å²) in [5.41, 5.74) is -3.78. The molecule has 2 nitrogen and oxygen atoms in total. The van der Waals surface area contributed by atoms with Gasteiger partial charge in [-0.15, -0.1) is 0 Å². The van der Waals surface area contributed by atoms with Gasteiger partial charge in [0.1, 0.15) is 0 Å². The summed E-state index contributed by atoms with van der Waals surface area (Å²) in [6.07, 6.45) is -9.97. The second kappa shape index (κ2) is 4.54. The van der Waals surface area contributed by atoms with Crippen LogP contribution in [0.4, 0.5) is 31.1 Å². The van der Waals surface area contributed by atoms with Gasteiger partial charge in [0.15, 0.2) is 0 Å². The fraction of sp³-hybridized carbons (Fsp3) is 0.222. The summed E-state index contributed by atoms with van der Waals surface area (Å²) in [6, 6.07) is 0.603. The molecular formula is C9H4BF6O2. The molecule has 0 atom stereocenters. The molecule has 0 saturated carbocycles. The first-order valence-electron chi connectivity index (χ1n) is 4.37. The molecule has 0 saturated heterocycles. The number of hydrogen-bond donors (Lipinski definition) is 1. The number of hydrogen-bond acceptors (Lipinski definition) is 1. The van der Waals surface area contributed by atoms with E-state index in [9.17, 15) is 31.1 Å². The Morgan fingerprint density at radius 3 is 1.61 bits per heavy atom. The van der Waals surface area contributed by atoms with E-state index in [-0.39, 0.29) is 13.3 Å². The molecule has 1 N–H and O–H groups in total. The van der Waals surface area contributed by atoms with Crippen LogP contribution in [0.3, 0.4) is 0 Å². The Kier molecular flexibility index (Phi) is 3.63. The normalized spacial score (nSPS) is 12.3. The summed E-state index contributed by atoms with van der Waals surface area (Å²) in [5.74, 6) is -1.64. The third kappa shape index (κ3) is 3.68. The van der Waals surface area contributed by atoms with Crippen molar-refractivity contribution in [2.45, 2.75) is 12.4 Å². The molecule has 0 fully saturated rings. The highest BCUT2D eigenvalue weighted by Crippen LogP contribution is 2.34. The van der Waals surface area contributed by atoms with Crippen LogP contribution in [0.15, 0.2) is 18.2 Å². The second-order valence-electron chi connectivity index (χ2n) is 3.32. The van der Waals surface area contributed by atoms with Gasteiger partial charge in [0, 0.05) is 0 Å². The molecule has 0 spiro atoms. The fourth-order valence-electron chi connectivity index (χ4n) is 1.20. The van der Waals surface area contributed by atoms with Crippen molar-refractivity contribution < 1.29 is 36.2 Å². The molecular weight excluding hydrogens is 265 g/mol. The Morgan fingerprint density at radius 2 is 1.33 bits per heavy atom. The lowest BCUT2D eigenvalue weighted by Gasteiger charge is -2.13. The number of rotatable bonds is 2. The largest absolute Gasteiger partial charge is 0.489 e. The second-order valence-corrected chi connectivity index (χ2v) is 3.32. The SMILES string of the molecule is O=C(O)[B]c1cc(C(F)(F)F)cc(C(F)(F)F)c1. The van der Waals surface area contributed by atoms with E-state index >= 15 is 0 Å².